The van der Waals surface area contributed by atoms with Crippen LogP contribution in [0.1, 0.15) is 51.7 Å². The summed E-state index contributed by atoms with van der Waals surface area (Å²) in [6.45, 7) is 9.66. The SMILES string of the molecule is CC(C)c1ccc(CN[P@@](=O)(CO[C@H](C)Cn2cnc3c(N)ncnc32)NC(C)(C)C(=O)O)cc1. The Balaban J connectivity index is 1.70. The number of aromatic nitrogens is 4. The van der Waals surface area contributed by atoms with Crippen LogP contribution in [0.4, 0.5) is 5.82 Å². The molecule has 12 heteroatoms. The van der Waals surface area contributed by atoms with Crippen molar-refractivity contribution in [1.82, 2.24) is 29.7 Å². The zero-order valence-corrected chi connectivity index (χ0v) is 21.6. The molecule has 0 saturated carbocycles. The van der Waals surface area contributed by atoms with Crippen molar-refractivity contribution in [2.24, 2.45) is 0 Å². The minimum atomic E-state index is -3.46. The van der Waals surface area contributed by atoms with Gasteiger partial charge in [0.1, 0.15) is 23.7 Å². The number of carboxylic acid groups (broad SMARTS) is 1. The number of nitrogens with two attached hydrogens (primary N) is 1. The Labute approximate surface area is 205 Å². The quantitative estimate of drug-likeness (QED) is 0.270. The number of anilines is 1. The molecule has 35 heavy (non-hydrogen) atoms. The van der Waals surface area contributed by atoms with E-state index in [1.165, 1.54) is 25.7 Å². The van der Waals surface area contributed by atoms with E-state index in [2.05, 4.69) is 39.0 Å². The smallest absolute Gasteiger partial charge is 0.323 e. The van der Waals surface area contributed by atoms with E-state index in [0.29, 0.717) is 30.2 Å². The first kappa shape index (κ1) is 26.7. The van der Waals surface area contributed by atoms with Crippen LogP contribution in [0, 0.1) is 0 Å². The molecule has 0 radical (unpaired) electrons. The first-order valence-corrected chi connectivity index (χ1v) is 13.3. The summed E-state index contributed by atoms with van der Waals surface area (Å²) in [7, 11) is -3.46. The lowest BCUT2D eigenvalue weighted by Crippen LogP contribution is -2.47. The van der Waals surface area contributed by atoms with Gasteiger partial charge in [-0.25, -0.2) is 25.1 Å². The van der Waals surface area contributed by atoms with Gasteiger partial charge in [-0.2, -0.15) is 0 Å². The van der Waals surface area contributed by atoms with Gasteiger partial charge in [0, 0.05) is 6.54 Å². The number of ether oxygens (including phenoxy) is 1. The van der Waals surface area contributed by atoms with E-state index in [9.17, 15) is 14.5 Å². The van der Waals surface area contributed by atoms with Gasteiger partial charge < -0.3 is 20.1 Å². The average molecular weight is 504 g/mol. The number of benzene rings is 1. The van der Waals surface area contributed by atoms with E-state index in [1.54, 1.807) is 10.9 Å². The Hall–Kier alpha value is -2.85. The van der Waals surface area contributed by atoms with Crippen molar-refractivity contribution in [2.75, 3.05) is 12.1 Å². The molecule has 0 saturated heterocycles. The molecule has 2 aromatic heterocycles. The average Bonchev–Trinajstić information content (AvgIpc) is 3.20. The van der Waals surface area contributed by atoms with Crippen LogP contribution in [0.3, 0.4) is 0 Å². The minimum Gasteiger partial charge on any atom is -0.480 e. The maximum Gasteiger partial charge on any atom is 0.323 e. The van der Waals surface area contributed by atoms with Gasteiger partial charge in [-0.1, -0.05) is 38.1 Å². The van der Waals surface area contributed by atoms with Crippen LogP contribution in [-0.4, -0.2) is 48.6 Å². The van der Waals surface area contributed by atoms with Gasteiger partial charge in [-0.3, -0.25) is 9.36 Å². The van der Waals surface area contributed by atoms with Crippen LogP contribution in [-0.2, 0) is 27.2 Å². The molecular weight excluding hydrogens is 469 g/mol. The molecule has 0 aliphatic rings. The number of hydrogen-bond donors (Lipinski definition) is 4. The number of hydrogen-bond acceptors (Lipinski definition) is 7. The zero-order chi connectivity index (χ0) is 25.8. The molecular formula is C23H34N7O4P. The van der Waals surface area contributed by atoms with E-state index in [0.717, 1.165) is 5.56 Å². The lowest BCUT2D eigenvalue weighted by atomic mass is 10.0. The van der Waals surface area contributed by atoms with Crippen molar-refractivity contribution in [3.63, 3.8) is 0 Å². The molecule has 0 bridgehead atoms. The van der Waals surface area contributed by atoms with Gasteiger partial charge in [-0.15, -0.1) is 0 Å². The molecule has 3 rings (SSSR count). The van der Waals surface area contributed by atoms with E-state index in [-0.39, 0.29) is 18.3 Å². The molecule has 0 spiro atoms. The third-order valence-electron chi connectivity index (χ3n) is 5.60. The van der Waals surface area contributed by atoms with Gasteiger partial charge in [0.25, 0.3) is 0 Å². The number of carboxylic acids is 1. The summed E-state index contributed by atoms with van der Waals surface area (Å²) in [5, 5.41) is 15.4. The Morgan fingerprint density at radius 3 is 2.51 bits per heavy atom. The van der Waals surface area contributed by atoms with Crippen LogP contribution in [0.15, 0.2) is 36.9 Å². The fraction of sp³-hybridized carbons (Fsp3) is 0.478. The third-order valence-corrected chi connectivity index (χ3v) is 7.71. The van der Waals surface area contributed by atoms with Crippen molar-refractivity contribution in [3.05, 3.63) is 48.0 Å². The van der Waals surface area contributed by atoms with Crippen molar-refractivity contribution in [3.8, 4) is 0 Å². The Kier molecular flexibility index (Phi) is 8.27. The summed E-state index contributed by atoms with van der Waals surface area (Å²) < 4.78 is 21.5. The van der Waals surface area contributed by atoms with E-state index in [1.807, 2.05) is 31.2 Å². The second-order valence-corrected chi connectivity index (χ2v) is 11.7. The Morgan fingerprint density at radius 1 is 1.20 bits per heavy atom. The van der Waals surface area contributed by atoms with Gasteiger partial charge in [0.15, 0.2) is 11.5 Å². The predicted octanol–water partition coefficient (Wildman–Crippen LogP) is 3.33. The summed E-state index contributed by atoms with van der Waals surface area (Å²) in [5.41, 5.74) is 7.63. The van der Waals surface area contributed by atoms with E-state index in [4.69, 9.17) is 10.5 Å². The first-order valence-electron chi connectivity index (χ1n) is 11.4. The van der Waals surface area contributed by atoms with Crippen LogP contribution in [0.2, 0.25) is 0 Å². The zero-order valence-electron chi connectivity index (χ0n) is 20.7. The predicted molar refractivity (Wildman–Crippen MR) is 135 cm³/mol. The Morgan fingerprint density at radius 2 is 1.89 bits per heavy atom. The summed E-state index contributed by atoms with van der Waals surface area (Å²) in [6, 6.07) is 8.00. The highest BCUT2D eigenvalue weighted by Crippen LogP contribution is 2.40. The largest absolute Gasteiger partial charge is 0.480 e. The van der Waals surface area contributed by atoms with Crippen LogP contribution >= 0.6 is 7.44 Å². The van der Waals surface area contributed by atoms with Crippen LogP contribution < -0.4 is 15.9 Å². The first-order chi connectivity index (χ1) is 16.4. The molecule has 5 N–H and O–H groups in total. The molecule has 11 nitrogen and oxygen atoms in total. The monoisotopic (exact) mass is 503 g/mol. The number of nitrogens with one attached hydrogen (secondary N) is 2. The molecule has 0 aliphatic carbocycles. The number of fused-ring (bicyclic) bond motifs is 1. The molecule has 2 heterocycles. The van der Waals surface area contributed by atoms with Gasteiger partial charge in [-0.05, 0) is 37.8 Å². The maximum absolute atomic E-state index is 13.8. The molecule has 3 aromatic rings. The van der Waals surface area contributed by atoms with Gasteiger partial charge >= 0.3 is 5.97 Å². The van der Waals surface area contributed by atoms with E-state index < -0.39 is 19.0 Å². The summed E-state index contributed by atoms with van der Waals surface area (Å²) in [5.74, 6) is -0.417. The van der Waals surface area contributed by atoms with Gasteiger partial charge in [0.05, 0.1) is 19.0 Å². The number of rotatable bonds is 12. The molecule has 0 amide bonds. The molecule has 0 fully saturated rings. The fourth-order valence-electron chi connectivity index (χ4n) is 3.45. The topological polar surface area (TPSA) is 157 Å². The Bertz CT molecular complexity index is 1210. The number of imidazole rings is 1. The summed E-state index contributed by atoms with van der Waals surface area (Å²) in [6.07, 6.45) is 2.38. The second-order valence-electron chi connectivity index (χ2n) is 9.45. The highest BCUT2D eigenvalue weighted by molar-refractivity contribution is 7.59. The lowest BCUT2D eigenvalue weighted by Gasteiger charge is -2.30. The van der Waals surface area contributed by atoms with Crippen LogP contribution in [0.5, 0.6) is 0 Å². The highest BCUT2D eigenvalue weighted by atomic mass is 31.2. The summed E-state index contributed by atoms with van der Waals surface area (Å²) in [4.78, 5) is 24.1. The molecule has 2 atom stereocenters. The standard InChI is InChI=1S/C23H34N7O4P/c1-15(2)18-8-6-17(7-9-18)10-28-35(33,29-23(4,5)22(31)32)14-34-16(3)11-30-13-27-19-20(24)25-12-26-21(19)30/h6-9,12-13,15-16H,10-11,14H2,1-5H3,(H,31,32)(H2,24,25,26)(H2,28,29,33)/t16-,35+/m1/s1. The van der Waals surface area contributed by atoms with Crippen molar-refractivity contribution in [2.45, 2.75) is 65.3 Å². The van der Waals surface area contributed by atoms with Gasteiger partial charge in [0.2, 0.25) is 7.44 Å². The van der Waals surface area contributed by atoms with Crippen molar-refractivity contribution < 1.29 is 19.2 Å². The molecule has 190 valence electrons. The number of aliphatic carboxylic acids is 1. The number of carbonyl (C=O) groups is 1. The minimum absolute atomic E-state index is 0.210. The lowest BCUT2D eigenvalue weighted by molar-refractivity contribution is -0.142. The summed E-state index contributed by atoms with van der Waals surface area (Å²) >= 11 is 0. The fourth-order valence-corrected chi connectivity index (χ4v) is 5.59. The maximum atomic E-state index is 13.8. The molecule has 0 unspecified atom stereocenters. The van der Waals surface area contributed by atoms with E-state index >= 15 is 0 Å². The van der Waals surface area contributed by atoms with Crippen LogP contribution in [0.25, 0.3) is 11.2 Å². The number of nitrogens with zero attached hydrogens (tertiary/aromatic N) is 4. The number of nitrogen functional groups attached to an aromatic ring is 1. The highest BCUT2D eigenvalue weighted by Gasteiger charge is 2.36. The van der Waals surface area contributed by atoms with Crippen molar-refractivity contribution in [1.29, 1.82) is 0 Å². The molecule has 1 aromatic carbocycles. The molecule has 0 aliphatic heterocycles. The second kappa shape index (κ2) is 10.8. The normalized spacial score (nSPS) is 14.8. The van der Waals surface area contributed by atoms with Crippen molar-refractivity contribution >= 4 is 30.4 Å². The third kappa shape index (κ3) is 6.85.